The largest absolute Gasteiger partial charge is 0.356 e. The number of nitrogens with zero attached hydrogens (tertiary/aromatic N) is 2. The highest BCUT2D eigenvalue weighted by atomic mass is 32.2. The predicted molar refractivity (Wildman–Crippen MR) is 99.7 cm³/mol. The summed E-state index contributed by atoms with van der Waals surface area (Å²) in [6, 6.07) is 9.82. The molecule has 1 aliphatic carbocycles. The third-order valence-corrected chi connectivity index (χ3v) is 5.93. The minimum Gasteiger partial charge on any atom is -0.356 e. The lowest BCUT2D eigenvalue weighted by Gasteiger charge is -2.32. The number of fused-ring (bicyclic) bond motifs is 3. The van der Waals surface area contributed by atoms with Gasteiger partial charge in [-0.1, -0.05) is 48.9 Å². The second-order valence-electron chi connectivity index (χ2n) is 6.75. The molecule has 1 N–H and O–H groups in total. The second-order valence-corrected chi connectivity index (χ2v) is 7.59. The highest BCUT2D eigenvalue weighted by Gasteiger charge is 2.41. The molecule has 2 atom stereocenters. The van der Waals surface area contributed by atoms with Crippen molar-refractivity contribution in [3.63, 3.8) is 0 Å². The zero-order valence-electron chi connectivity index (χ0n) is 14.0. The molecule has 1 amide bonds. The highest BCUT2D eigenvalue weighted by Crippen LogP contribution is 2.43. The van der Waals surface area contributed by atoms with Crippen LogP contribution in [0.2, 0.25) is 0 Å². The van der Waals surface area contributed by atoms with Crippen LogP contribution in [0.5, 0.6) is 0 Å². The third-order valence-electron chi connectivity index (χ3n) is 5.08. The summed E-state index contributed by atoms with van der Waals surface area (Å²) in [6.07, 6.45) is 6.00. The number of hydrogen-bond donors (Lipinski definition) is 1. The minimum atomic E-state index is 0.0302. The SMILES string of the molecule is CC(=O)NCCc1ccc(C2=CSC3=N[C@H]4CCCC[C@H]4N23)cc1. The molecule has 0 spiro atoms. The van der Waals surface area contributed by atoms with Crippen LogP contribution in [0.1, 0.15) is 43.7 Å². The van der Waals surface area contributed by atoms with Gasteiger partial charge in [0, 0.05) is 18.9 Å². The molecular formula is C19H23N3OS. The van der Waals surface area contributed by atoms with E-state index >= 15 is 0 Å². The van der Waals surface area contributed by atoms with E-state index in [1.165, 1.54) is 47.7 Å². The van der Waals surface area contributed by atoms with E-state index in [2.05, 4.69) is 39.9 Å². The van der Waals surface area contributed by atoms with E-state index in [9.17, 15) is 4.79 Å². The molecule has 0 bridgehead atoms. The number of aliphatic imine (C=N–C) groups is 1. The van der Waals surface area contributed by atoms with Gasteiger partial charge in [0.05, 0.1) is 17.8 Å². The number of amidine groups is 1. The number of benzene rings is 1. The van der Waals surface area contributed by atoms with E-state index in [0.29, 0.717) is 18.6 Å². The lowest BCUT2D eigenvalue weighted by atomic mass is 9.90. The fourth-order valence-corrected chi connectivity index (χ4v) is 4.87. The fourth-order valence-electron chi connectivity index (χ4n) is 3.86. The van der Waals surface area contributed by atoms with Crippen molar-refractivity contribution in [2.24, 2.45) is 4.99 Å². The van der Waals surface area contributed by atoms with Crippen LogP contribution in [0, 0.1) is 0 Å². The van der Waals surface area contributed by atoms with Crippen LogP contribution in [-0.2, 0) is 11.2 Å². The number of carbonyl (C=O) groups is 1. The maximum Gasteiger partial charge on any atom is 0.216 e. The molecule has 4 nitrogen and oxygen atoms in total. The van der Waals surface area contributed by atoms with Crippen LogP contribution in [0.15, 0.2) is 34.7 Å². The Morgan fingerprint density at radius 3 is 2.88 bits per heavy atom. The van der Waals surface area contributed by atoms with Gasteiger partial charge < -0.3 is 10.2 Å². The molecule has 0 radical (unpaired) electrons. The van der Waals surface area contributed by atoms with Gasteiger partial charge in [0.15, 0.2) is 5.17 Å². The fraction of sp³-hybridized carbons (Fsp3) is 0.474. The third kappa shape index (κ3) is 2.97. The maximum absolute atomic E-state index is 10.9. The van der Waals surface area contributed by atoms with Crippen LogP contribution >= 0.6 is 11.8 Å². The van der Waals surface area contributed by atoms with Crippen LogP contribution < -0.4 is 5.32 Å². The van der Waals surface area contributed by atoms with Gasteiger partial charge in [0.25, 0.3) is 0 Å². The Labute approximate surface area is 147 Å². The predicted octanol–water partition coefficient (Wildman–Crippen LogP) is 3.39. The summed E-state index contributed by atoms with van der Waals surface area (Å²) in [5.74, 6) is 0.0302. The summed E-state index contributed by atoms with van der Waals surface area (Å²) in [5, 5.41) is 6.28. The topological polar surface area (TPSA) is 44.7 Å². The first kappa shape index (κ1) is 15.8. The van der Waals surface area contributed by atoms with E-state index in [0.717, 1.165) is 6.42 Å². The summed E-state index contributed by atoms with van der Waals surface area (Å²) in [4.78, 5) is 18.4. The van der Waals surface area contributed by atoms with Crippen molar-refractivity contribution in [3.05, 3.63) is 40.8 Å². The first-order valence-corrected chi connectivity index (χ1v) is 9.68. The van der Waals surface area contributed by atoms with Crippen molar-refractivity contribution in [2.75, 3.05) is 6.54 Å². The molecule has 2 heterocycles. The number of amides is 1. The van der Waals surface area contributed by atoms with Gasteiger partial charge in [-0.2, -0.15) is 0 Å². The van der Waals surface area contributed by atoms with E-state index in [1.54, 1.807) is 18.7 Å². The molecule has 0 unspecified atom stereocenters. The van der Waals surface area contributed by atoms with Crippen molar-refractivity contribution < 1.29 is 4.79 Å². The smallest absolute Gasteiger partial charge is 0.216 e. The zero-order chi connectivity index (χ0) is 16.5. The Morgan fingerprint density at radius 2 is 2.08 bits per heavy atom. The molecule has 24 heavy (non-hydrogen) atoms. The number of nitrogens with one attached hydrogen (secondary N) is 1. The van der Waals surface area contributed by atoms with Crippen LogP contribution in [0.3, 0.4) is 0 Å². The first-order valence-electron chi connectivity index (χ1n) is 8.80. The average molecular weight is 341 g/mol. The van der Waals surface area contributed by atoms with Crippen molar-refractivity contribution in [1.29, 1.82) is 0 Å². The summed E-state index contributed by atoms with van der Waals surface area (Å²) in [7, 11) is 0. The first-order chi connectivity index (χ1) is 11.7. The van der Waals surface area contributed by atoms with Crippen molar-refractivity contribution in [3.8, 4) is 0 Å². The van der Waals surface area contributed by atoms with Gasteiger partial charge in [-0.3, -0.25) is 9.79 Å². The number of rotatable bonds is 4. The molecule has 126 valence electrons. The van der Waals surface area contributed by atoms with Crippen molar-refractivity contribution in [2.45, 2.75) is 51.1 Å². The second kappa shape index (κ2) is 6.63. The molecule has 1 aromatic carbocycles. The Bertz CT molecular complexity index is 695. The lowest BCUT2D eigenvalue weighted by Crippen LogP contribution is -2.38. The van der Waals surface area contributed by atoms with Gasteiger partial charge in [-0.15, -0.1) is 0 Å². The normalized spacial score (nSPS) is 25.0. The molecular weight excluding hydrogens is 318 g/mol. The summed E-state index contributed by atoms with van der Waals surface area (Å²) < 4.78 is 0. The van der Waals surface area contributed by atoms with Crippen molar-refractivity contribution >= 4 is 28.5 Å². The Hall–Kier alpha value is -1.75. The summed E-state index contributed by atoms with van der Waals surface area (Å²) >= 11 is 1.77. The van der Waals surface area contributed by atoms with E-state index in [4.69, 9.17) is 4.99 Å². The van der Waals surface area contributed by atoms with Gasteiger partial charge in [-0.25, -0.2) is 0 Å². The molecule has 1 fully saturated rings. The van der Waals surface area contributed by atoms with Gasteiger partial charge >= 0.3 is 0 Å². The van der Waals surface area contributed by atoms with E-state index in [1.807, 2.05) is 0 Å². The molecule has 1 saturated carbocycles. The Kier molecular flexibility index (Phi) is 4.35. The monoisotopic (exact) mass is 341 g/mol. The lowest BCUT2D eigenvalue weighted by molar-refractivity contribution is -0.118. The molecule has 0 aromatic heterocycles. The highest BCUT2D eigenvalue weighted by molar-refractivity contribution is 8.16. The molecule has 0 saturated heterocycles. The Morgan fingerprint density at radius 1 is 1.29 bits per heavy atom. The van der Waals surface area contributed by atoms with E-state index < -0.39 is 0 Å². The van der Waals surface area contributed by atoms with Gasteiger partial charge in [0.2, 0.25) is 5.91 Å². The quantitative estimate of drug-likeness (QED) is 0.913. The molecule has 4 rings (SSSR count). The summed E-state index contributed by atoms with van der Waals surface area (Å²) in [6.45, 7) is 2.25. The Balaban J connectivity index is 1.46. The van der Waals surface area contributed by atoms with E-state index in [-0.39, 0.29) is 5.91 Å². The number of carbonyl (C=O) groups excluding carboxylic acids is 1. The molecule has 2 aliphatic heterocycles. The number of thioether (sulfide) groups is 1. The molecule has 3 aliphatic rings. The number of hydrogen-bond acceptors (Lipinski definition) is 4. The standard InChI is InChI=1S/C19H23N3OS/c1-13(23)20-11-10-14-6-8-15(9-7-14)18-12-24-19-21-16-4-2-3-5-17(16)22(18)19/h6-9,12,16-17H,2-5,10-11H2,1H3,(H,20,23)/t16-,17+/m0/s1. The van der Waals surface area contributed by atoms with Crippen LogP contribution in [-0.4, -0.2) is 34.6 Å². The van der Waals surface area contributed by atoms with Crippen LogP contribution in [0.25, 0.3) is 5.70 Å². The van der Waals surface area contributed by atoms with Crippen LogP contribution in [0.4, 0.5) is 0 Å². The zero-order valence-corrected chi connectivity index (χ0v) is 14.8. The average Bonchev–Trinajstić information content (AvgIpc) is 3.14. The maximum atomic E-state index is 10.9. The van der Waals surface area contributed by atoms with Gasteiger partial charge in [-0.05, 0) is 30.4 Å². The summed E-state index contributed by atoms with van der Waals surface area (Å²) in [5.41, 5.74) is 3.83. The molecule has 1 aromatic rings. The molecule has 5 heteroatoms. The minimum absolute atomic E-state index is 0.0302. The van der Waals surface area contributed by atoms with Gasteiger partial charge in [0.1, 0.15) is 0 Å². The van der Waals surface area contributed by atoms with Crippen molar-refractivity contribution in [1.82, 2.24) is 10.2 Å².